The molecule has 8 heteroatoms. The molecule has 0 saturated carbocycles. The van der Waals surface area contributed by atoms with Crippen LogP contribution in [-0.2, 0) is 34.9 Å². The van der Waals surface area contributed by atoms with E-state index in [0.29, 0.717) is 19.1 Å². The molecular formula is C28H27Cl3O4S. The fourth-order valence-electron chi connectivity index (χ4n) is 2.85. The molecule has 0 unspecified atom stereocenters. The van der Waals surface area contributed by atoms with Gasteiger partial charge in [-0.1, -0.05) is 84.9 Å². The number of aliphatic hydroxyl groups is 1. The third-order valence-corrected chi connectivity index (χ3v) is 4.99. The first-order valence-electron chi connectivity index (χ1n) is 10.9. The maximum atomic E-state index is 9.09. The third kappa shape index (κ3) is 13.0. The van der Waals surface area contributed by atoms with E-state index in [1.54, 1.807) is 0 Å². The van der Waals surface area contributed by atoms with E-state index < -0.39 is 9.23 Å². The summed E-state index contributed by atoms with van der Waals surface area (Å²) in [5, 5.41) is 8.90. The van der Waals surface area contributed by atoms with Crippen molar-refractivity contribution in [3.05, 3.63) is 131 Å². The lowest BCUT2D eigenvalue weighted by Gasteiger charge is -2.06. The van der Waals surface area contributed by atoms with E-state index >= 15 is 0 Å². The zero-order chi connectivity index (χ0) is 26.0. The van der Waals surface area contributed by atoms with Gasteiger partial charge in [-0.05, 0) is 46.5 Å². The average Bonchev–Trinajstić information content (AvgIpc) is 2.92. The molecule has 0 amide bonds. The van der Waals surface area contributed by atoms with Gasteiger partial charge in [0, 0.05) is 27.2 Å². The van der Waals surface area contributed by atoms with Crippen molar-refractivity contribution in [2.45, 2.75) is 25.7 Å². The molecule has 190 valence electrons. The molecule has 0 aliphatic carbocycles. The number of ether oxygens (including phenoxy) is 2. The number of alkyl halides is 1. The Bertz CT molecular complexity index is 1040. The molecular weight excluding hydrogens is 539 g/mol. The van der Waals surface area contributed by atoms with E-state index in [-0.39, 0.29) is 6.61 Å². The molecule has 4 aromatic rings. The van der Waals surface area contributed by atoms with Crippen molar-refractivity contribution in [1.29, 1.82) is 0 Å². The van der Waals surface area contributed by atoms with E-state index in [4.69, 9.17) is 30.4 Å². The van der Waals surface area contributed by atoms with E-state index in [1.165, 1.54) is 5.56 Å². The second-order valence-electron chi connectivity index (χ2n) is 7.31. The number of halogens is 3. The molecule has 0 heterocycles. The van der Waals surface area contributed by atoms with Crippen LogP contribution in [0.2, 0.25) is 0 Å². The largest absolute Gasteiger partial charge is 0.489 e. The highest BCUT2D eigenvalue weighted by atomic mass is 36.0. The minimum atomic E-state index is -1.67. The van der Waals surface area contributed by atoms with Crippen molar-refractivity contribution >= 4 is 42.2 Å². The molecule has 0 saturated heterocycles. The highest BCUT2D eigenvalue weighted by Gasteiger charge is 1.97. The minimum absolute atomic E-state index is 0.0684. The Morgan fingerprint density at radius 3 is 1.28 bits per heavy atom. The topological polar surface area (TPSA) is 55.8 Å². The molecule has 0 spiro atoms. The van der Waals surface area contributed by atoms with Gasteiger partial charge in [-0.3, -0.25) is 0 Å². The van der Waals surface area contributed by atoms with Crippen LogP contribution in [0.1, 0.15) is 22.3 Å². The first kappa shape index (κ1) is 29.7. The van der Waals surface area contributed by atoms with Gasteiger partial charge in [-0.15, -0.1) is 11.6 Å². The summed E-state index contributed by atoms with van der Waals surface area (Å²) < 4.78 is 20.3. The van der Waals surface area contributed by atoms with Gasteiger partial charge in [0.2, 0.25) is 9.23 Å². The fraction of sp³-hybridized carbons (Fsp3) is 0.143. The van der Waals surface area contributed by atoms with Crippen LogP contribution in [0, 0.1) is 0 Å². The van der Waals surface area contributed by atoms with Crippen molar-refractivity contribution in [3.8, 4) is 11.5 Å². The Kier molecular flexibility index (Phi) is 14.7. The lowest BCUT2D eigenvalue weighted by atomic mass is 10.2. The van der Waals surface area contributed by atoms with Gasteiger partial charge >= 0.3 is 0 Å². The second kappa shape index (κ2) is 17.8. The Labute approximate surface area is 228 Å². The summed E-state index contributed by atoms with van der Waals surface area (Å²) in [7, 11) is 7.36. The zero-order valence-corrected chi connectivity index (χ0v) is 22.5. The van der Waals surface area contributed by atoms with Crippen molar-refractivity contribution in [2.24, 2.45) is 0 Å². The Hall–Kier alpha value is -2.54. The molecule has 0 atom stereocenters. The predicted octanol–water partition coefficient (Wildman–Crippen LogP) is 7.81. The van der Waals surface area contributed by atoms with E-state index in [1.807, 2.05) is 109 Å². The summed E-state index contributed by atoms with van der Waals surface area (Å²) in [5.41, 5.74) is 4.32. The number of hydrogen-bond acceptors (Lipinski definition) is 4. The van der Waals surface area contributed by atoms with Crippen LogP contribution in [0.4, 0.5) is 0 Å². The normalized spacial score (nSPS) is 9.92. The molecule has 4 nitrogen and oxygen atoms in total. The second-order valence-corrected chi connectivity index (χ2v) is 10.1. The van der Waals surface area contributed by atoms with E-state index in [9.17, 15) is 0 Å². The molecule has 36 heavy (non-hydrogen) atoms. The molecule has 0 fully saturated rings. The number of aliphatic hydroxyl groups excluding tert-OH is 1. The van der Waals surface area contributed by atoms with Crippen molar-refractivity contribution in [2.75, 3.05) is 0 Å². The molecule has 0 bridgehead atoms. The monoisotopic (exact) mass is 564 g/mol. The standard InChI is InChI=1S/C14H13ClO.C14H14O2.Cl2OS/c2*15-10-12-6-8-14(9-7-12)16-11-13-4-2-1-3-5-13;1-4(2)3/h1-9H,10-11H2;1-9,15H,10-11H2;. The molecule has 0 radical (unpaired) electrons. The van der Waals surface area contributed by atoms with Crippen LogP contribution in [0.3, 0.4) is 0 Å². The minimum Gasteiger partial charge on any atom is -0.489 e. The molecule has 0 aliphatic rings. The smallest absolute Gasteiger partial charge is 0.211 e. The van der Waals surface area contributed by atoms with Gasteiger partial charge in [-0.25, -0.2) is 4.21 Å². The van der Waals surface area contributed by atoms with Gasteiger partial charge in [0.1, 0.15) is 24.7 Å². The van der Waals surface area contributed by atoms with Crippen LogP contribution in [0.5, 0.6) is 11.5 Å². The van der Waals surface area contributed by atoms with Crippen LogP contribution < -0.4 is 9.47 Å². The molecule has 0 aliphatic heterocycles. The summed E-state index contributed by atoms with van der Waals surface area (Å²) in [5.74, 6) is 2.23. The highest BCUT2D eigenvalue weighted by Crippen LogP contribution is 2.15. The molecule has 4 rings (SSSR count). The molecule has 1 N–H and O–H groups in total. The quantitative estimate of drug-likeness (QED) is 0.175. The predicted molar refractivity (Wildman–Crippen MR) is 150 cm³/mol. The van der Waals surface area contributed by atoms with Gasteiger partial charge in [-0.2, -0.15) is 0 Å². The van der Waals surface area contributed by atoms with E-state index in [0.717, 1.165) is 28.2 Å². The van der Waals surface area contributed by atoms with Crippen LogP contribution in [0.25, 0.3) is 0 Å². The van der Waals surface area contributed by atoms with Crippen molar-refractivity contribution in [1.82, 2.24) is 0 Å². The fourth-order valence-corrected chi connectivity index (χ4v) is 3.03. The zero-order valence-electron chi connectivity index (χ0n) is 19.4. The number of hydrogen-bond donors (Lipinski definition) is 1. The first-order chi connectivity index (χ1) is 17.5. The summed E-state index contributed by atoms with van der Waals surface area (Å²) in [6.45, 7) is 1.24. The first-order valence-corrected chi connectivity index (χ1v) is 14.3. The van der Waals surface area contributed by atoms with Gasteiger partial charge in [0.25, 0.3) is 0 Å². The lowest BCUT2D eigenvalue weighted by molar-refractivity contribution is 0.280. The number of benzene rings is 4. The number of rotatable bonds is 8. The van der Waals surface area contributed by atoms with Crippen molar-refractivity contribution < 1.29 is 18.8 Å². The third-order valence-electron chi connectivity index (χ3n) is 4.68. The molecule has 4 aromatic carbocycles. The van der Waals surface area contributed by atoms with E-state index in [2.05, 4.69) is 21.4 Å². The SMILES string of the molecule is ClCc1ccc(OCc2ccccc2)cc1.O=S(Cl)Cl.OCc1ccc(OCc2ccccc2)cc1. The summed E-state index contributed by atoms with van der Waals surface area (Å²) in [6.07, 6.45) is 0. The maximum Gasteiger partial charge on any atom is 0.211 e. The van der Waals surface area contributed by atoms with Gasteiger partial charge in [0.15, 0.2) is 0 Å². The highest BCUT2D eigenvalue weighted by molar-refractivity contribution is 8.26. The maximum absolute atomic E-state index is 9.09. The summed E-state index contributed by atoms with van der Waals surface area (Å²) in [4.78, 5) is 0. The average molecular weight is 566 g/mol. The van der Waals surface area contributed by atoms with Crippen LogP contribution in [0.15, 0.2) is 109 Å². The lowest BCUT2D eigenvalue weighted by Crippen LogP contribution is -1.95. The van der Waals surface area contributed by atoms with Crippen molar-refractivity contribution in [3.63, 3.8) is 0 Å². The Morgan fingerprint density at radius 2 is 0.944 bits per heavy atom. The van der Waals surface area contributed by atoms with Crippen LogP contribution in [-0.4, -0.2) is 9.32 Å². The summed E-state index contributed by atoms with van der Waals surface area (Å²) in [6, 6.07) is 35.5. The van der Waals surface area contributed by atoms with Gasteiger partial charge in [0.05, 0.1) is 6.61 Å². The Balaban J connectivity index is 0.000000221. The Morgan fingerprint density at radius 1 is 0.583 bits per heavy atom. The molecule has 0 aromatic heterocycles. The van der Waals surface area contributed by atoms with Crippen LogP contribution >= 0.6 is 33.0 Å². The van der Waals surface area contributed by atoms with Gasteiger partial charge < -0.3 is 14.6 Å². The summed E-state index contributed by atoms with van der Waals surface area (Å²) >= 11 is 5.71.